The van der Waals surface area contributed by atoms with E-state index in [1.165, 1.54) is 18.4 Å². The number of hydrogen-bond donors (Lipinski definition) is 2. The third kappa shape index (κ3) is 4.94. The molecule has 0 fully saturated rings. The van der Waals surface area contributed by atoms with Crippen LogP contribution in [0.1, 0.15) is 39.0 Å². The molecule has 2 aromatic carbocycles. The van der Waals surface area contributed by atoms with Gasteiger partial charge in [-0.2, -0.15) is 0 Å². The maximum absolute atomic E-state index is 12.5. The maximum Gasteiger partial charge on any atom is 0.340 e. The molecule has 0 saturated carbocycles. The van der Waals surface area contributed by atoms with Crippen LogP contribution in [0.4, 0.5) is 11.4 Å². The molecule has 7 nitrogen and oxygen atoms in total. The van der Waals surface area contributed by atoms with Gasteiger partial charge < -0.3 is 19.8 Å². The van der Waals surface area contributed by atoms with Gasteiger partial charge in [0.05, 0.1) is 17.5 Å². The average Bonchev–Trinajstić information content (AvgIpc) is 3.29. The molecule has 0 aliphatic rings. The van der Waals surface area contributed by atoms with Crippen LogP contribution in [0.5, 0.6) is 0 Å². The summed E-state index contributed by atoms with van der Waals surface area (Å²) in [6, 6.07) is 15.3. The number of esters is 1. The first-order valence-corrected chi connectivity index (χ1v) is 9.49. The lowest BCUT2D eigenvalue weighted by molar-refractivity contribution is -0.119. The summed E-state index contributed by atoms with van der Waals surface area (Å²) in [6.45, 7) is 3.45. The molecule has 3 aromatic rings. The highest BCUT2D eigenvalue weighted by atomic mass is 16.5. The second kappa shape index (κ2) is 9.56. The minimum atomic E-state index is -0.721. The lowest BCUT2D eigenvalue weighted by Crippen LogP contribution is -2.23. The predicted molar refractivity (Wildman–Crippen MR) is 113 cm³/mol. The largest absolute Gasteiger partial charge is 0.459 e. The van der Waals surface area contributed by atoms with Crippen molar-refractivity contribution >= 4 is 29.2 Å². The second-order valence-corrected chi connectivity index (χ2v) is 6.56. The summed E-state index contributed by atoms with van der Waals surface area (Å²) in [4.78, 5) is 37.0. The fraction of sp³-hybridized carbons (Fsp3) is 0.174. The molecule has 1 heterocycles. The molecule has 1 aromatic heterocycles. The van der Waals surface area contributed by atoms with Crippen LogP contribution < -0.4 is 10.6 Å². The number of nitrogens with one attached hydrogen (secondary N) is 2. The number of carbonyl (C=O) groups is 3. The molecule has 2 N–H and O–H groups in total. The van der Waals surface area contributed by atoms with Crippen LogP contribution in [0.3, 0.4) is 0 Å². The van der Waals surface area contributed by atoms with Crippen LogP contribution in [0, 0.1) is 6.92 Å². The third-order valence-corrected chi connectivity index (χ3v) is 4.48. The minimum absolute atomic E-state index is 0.113. The number of furan rings is 1. The smallest absolute Gasteiger partial charge is 0.340 e. The van der Waals surface area contributed by atoms with Gasteiger partial charge in [-0.05, 0) is 48.7 Å². The minimum Gasteiger partial charge on any atom is -0.459 e. The molecule has 0 spiro atoms. The van der Waals surface area contributed by atoms with Gasteiger partial charge in [0.1, 0.15) is 0 Å². The van der Waals surface area contributed by atoms with Crippen molar-refractivity contribution in [2.45, 2.75) is 20.3 Å². The Kier molecular flexibility index (Phi) is 6.64. The Bertz CT molecular complexity index is 1060. The number of aryl methyl sites for hydroxylation is 2. The predicted octanol–water partition coefficient (Wildman–Crippen LogP) is 4.20. The number of amides is 2. The Morgan fingerprint density at radius 1 is 0.967 bits per heavy atom. The van der Waals surface area contributed by atoms with Gasteiger partial charge in [0.15, 0.2) is 12.4 Å². The van der Waals surface area contributed by atoms with Crippen molar-refractivity contribution in [1.29, 1.82) is 0 Å². The van der Waals surface area contributed by atoms with Crippen molar-refractivity contribution in [3.8, 4) is 0 Å². The van der Waals surface area contributed by atoms with Crippen LogP contribution in [0.2, 0.25) is 0 Å². The summed E-state index contributed by atoms with van der Waals surface area (Å²) in [5.74, 6) is -1.54. The second-order valence-electron chi connectivity index (χ2n) is 6.56. The number of ether oxygens (including phenoxy) is 1. The van der Waals surface area contributed by atoms with E-state index >= 15 is 0 Å². The van der Waals surface area contributed by atoms with Crippen LogP contribution in [0.15, 0.2) is 65.3 Å². The van der Waals surface area contributed by atoms with Gasteiger partial charge in [0, 0.05) is 5.69 Å². The zero-order valence-corrected chi connectivity index (χ0v) is 16.7. The van der Waals surface area contributed by atoms with Gasteiger partial charge in [0.25, 0.3) is 11.8 Å². The maximum atomic E-state index is 12.5. The van der Waals surface area contributed by atoms with Crippen LogP contribution in [-0.2, 0) is 16.0 Å². The summed E-state index contributed by atoms with van der Waals surface area (Å²) < 4.78 is 10.2. The van der Waals surface area contributed by atoms with Gasteiger partial charge in [-0.1, -0.05) is 37.3 Å². The highest BCUT2D eigenvalue weighted by molar-refractivity contribution is 6.07. The molecule has 3 rings (SSSR count). The van der Waals surface area contributed by atoms with E-state index in [2.05, 4.69) is 10.6 Å². The number of para-hydroxylation sites is 2. The van der Waals surface area contributed by atoms with E-state index in [0.29, 0.717) is 0 Å². The first kappa shape index (κ1) is 20.9. The molecule has 30 heavy (non-hydrogen) atoms. The standard InChI is InChI=1S/C23H22N2O5/c1-3-16-9-6-8-15(2)21(16)25-20(26)14-30-23(28)17-10-4-5-11-18(17)24-22(27)19-12-7-13-29-19/h4-13H,3,14H2,1-2H3,(H,24,27)(H,25,26). The molecule has 0 bridgehead atoms. The lowest BCUT2D eigenvalue weighted by atomic mass is 10.1. The SMILES string of the molecule is CCc1cccc(C)c1NC(=O)COC(=O)c1ccccc1NC(=O)c1ccco1. The summed E-state index contributed by atoms with van der Waals surface area (Å²) in [6.07, 6.45) is 2.14. The van der Waals surface area contributed by atoms with Crippen molar-refractivity contribution in [1.82, 2.24) is 0 Å². The van der Waals surface area contributed by atoms with Crippen molar-refractivity contribution < 1.29 is 23.5 Å². The molecule has 0 aliphatic carbocycles. The van der Waals surface area contributed by atoms with E-state index in [9.17, 15) is 14.4 Å². The van der Waals surface area contributed by atoms with Crippen molar-refractivity contribution in [3.63, 3.8) is 0 Å². The molecule has 0 saturated heterocycles. The Labute approximate surface area is 174 Å². The fourth-order valence-electron chi connectivity index (χ4n) is 2.95. The van der Waals surface area contributed by atoms with Crippen LogP contribution in [-0.4, -0.2) is 24.4 Å². The molecular weight excluding hydrogens is 384 g/mol. The van der Waals surface area contributed by atoms with Gasteiger partial charge in [-0.3, -0.25) is 9.59 Å². The van der Waals surface area contributed by atoms with E-state index in [4.69, 9.17) is 9.15 Å². The summed E-state index contributed by atoms with van der Waals surface area (Å²) >= 11 is 0. The van der Waals surface area contributed by atoms with Gasteiger partial charge in [-0.25, -0.2) is 4.79 Å². The normalized spacial score (nSPS) is 10.3. The van der Waals surface area contributed by atoms with Gasteiger partial charge in [-0.15, -0.1) is 0 Å². The quantitative estimate of drug-likeness (QED) is 0.573. The number of rotatable bonds is 7. The number of hydrogen-bond acceptors (Lipinski definition) is 5. The lowest BCUT2D eigenvalue weighted by Gasteiger charge is -2.13. The van der Waals surface area contributed by atoms with Crippen LogP contribution >= 0.6 is 0 Å². The van der Waals surface area contributed by atoms with Crippen LogP contribution in [0.25, 0.3) is 0 Å². The molecule has 154 valence electrons. The molecule has 0 unspecified atom stereocenters. The van der Waals surface area contributed by atoms with E-state index in [0.717, 1.165) is 23.2 Å². The summed E-state index contributed by atoms with van der Waals surface area (Å²) in [5.41, 5.74) is 3.06. The number of anilines is 2. The number of carbonyl (C=O) groups excluding carboxylic acids is 3. The monoisotopic (exact) mass is 406 g/mol. The van der Waals surface area contributed by atoms with Gasteiger partial charge >= 0.3 is 5.97 Å². The van der Waals surface area contributed by atoms with Crippen molar-refractivity contribution in [2.24, 2.45) is 0 Å². The molecule has 2 amide bonds. The van der Waals surface area contributed by atoms with Gasteiger partial charge in [0.2, 0.25) is 0 Å². The topological polar surface area (TPSA) is 97.6 Å². The molecule has 0 atom stereocenters. The Hall–Kier alpha value is -3.87. The van der Waals surface area contributed by atoms with Crippen molar-refractivity contribution in [3.05, 3.63) is 83.3 Å². The first-order chi connectivity index (χ1) is 14.5. The highest BCUT2D eigenvalue weighted by Gasteiger charge is 2.18. The zero-order valence-electron chi connectivity index (χ0n) is 16.7. The Balaban J connectivity index is 1.64. The van der Waals surface area contributed by atoms with E-state index in [-0.39, 0.29) is 17.0 Å². The molecular formula is C23H22N2O5. The fourth-order valence-corrected chi connectivity index (χ4v) is 2.95. The zero-order chi connectivity index (χ0) is 21.5. The third-order valence-electron chi connectivity index (χ3n) is 4.48. The molecule has 0 aliphatic heterocycles. The highest BCUT2D eigenvalue weighted by Crippen LogP contribution is 2.21. The molecule has 7 heteroatoms. The average molecular weight is 406 g/mol. The van der Waals surface area contributed by atoms with E-state index in [1.807, 2.05) is 32.0 Å². The number of benzene rings is 2. The summed E-state index contributed by atoms with van der Waals surface area (Å²) in [5, 5.41) is 5.41. The molecule has 0 radical (unpaired) electrons. The van der Waals surface area contributed by atoms with Crippen molar-refractivity contribution in [2.75, 3.05) is 17.2 Å². The van der Waals surface area contributed by atoms with E-state index in [1.54, 1.807) is 24.3 Å². The first-order valence-electron chi connectivity index (χ1n) is 9.49. The Morgan fingerprint density at radius 3 is 2.50 bits per heavy atom. The van der Waals surface area contributed by atoms with E-state index < -0.39 is 24.4 Å². The Morgan fingerprint density at radius 2 is 1.77 bits per heavy atom. The summed E-state index contributed by atoms with van der Waals surface area (Å²) in [7, 11) is 0.